The number of halogens is 1. The molecule has 2 aromatic rings. The second-order valence-electron chi connectivity index (χ2n) is 3.38. The second kappa shape index (κ2) is 3.79. The van der Waals surface area contributed by atoms with E-state index in [4.69, 9.17) is 23.8 Å². The van der Waals surface area contributed by atoms with Crippen LogP contribution in [0, 0.1) is 11.7 Å². The number of nitrogens with one attached hydrogen (secondary N) is 1. The predicted molar refractivity (Wildman–Crippen MR) is 63.6 cm³/mol. The Labute approximate surface area is 97.7 Å². The van der Waals surface area contributed by atoms with Gasteiger partial charge in [0.1, 0.15) is 0 Å². The number of nitrogens with zero attached hydrogens (tertiary/aromatic N) is 2. The van der Waals surface area contributed by atoms with E-state index >= 15 is 0 Å². The van der Waals surface area contributed by atoms with Crippen LogP contribution in [-0.4, -0.2) is 14.8 Å². The van der Waals surface area contributed by atoms with Gasteiger partial charge in [-0.15, -0.1) is 0 Å². The Hall–Kier alpha value is -1.13. The smallest absolute Gasteiger partial charge is 0.195 e. The molecule has 0 spiro atoms. The predicted octanol–water partition coefficient (Wildman–Crippen LogP) is 3.11. The first-order chi connectivity index (χ1) is 7.09. The van der Waals surface area contributed by atoms with Crippen molar-refractivity contribution in [3.05, 3.63) is 33.6 Å². The van der Waals surface area contributed by atoms with Gasteiger partial charge in [-0.2, -0.15) is 5.10 Å². The maximum absolute atomic E-state index is 5.96. The average Bonchev–Trinajstić information content (AvgIpc) is 2.53. The molecule has 0 aliphatic rings. The number of aromatic nitrogens is 3. The van der Waals surface area contributed by atoms with Gasteiger partial charge in [0.2, 0.25) is 0 Å². The van der Waals surface area contributed by atoms with E-state index in [1.54, 1.807) is 0 Å². The minimum atomic E-state index is 0.609. The number of aromatic amines is 1. The average molecular weight is 240 g/mol. The minimum absolute atomic E-state index is 0.609. The summed E-state index contributed by atoms with van der Waals surface area (Å²) >= 11 is 11.0. The first kappa shape index (κ1) is 10.4. The van der Waals surface area contributed by atoms with Crippen molar-refractivity contribution in [2.45, 2.75) is 6.92 Å². The topological polar surface area (TPSA) is 33.6 Å². The van der Waals surface area contributed by atoms with E-state index in [2.05, 4.69) is 10.2 Å². The molecule has 0 bridgehead atoms. The van der Waals surface area contributed by atoms with Crippen molar-refractivity contribution in [1.29, 1.82) is 0 Å². The monoisotopic (exact) mass is 239 g/mol. The second-order valence-corrected chi connectivity index (χ2v) is 4.17. The molecule has 0 saturated carbocycles. The normalized spacial score (nSPS) is 10.6. The molecular weight excluding hydrogens is 230 g/mol. The zero-order valence-corrected chi connectivity index (χ0v) is 9.99. The largest absolute Gasteiger partial charge is 0.303 e. The highest BCUT2D eigenvalue weighted by atomic mass is 35.5. The van der Waals surface area contributed by atoms with Gasteiger partial charge in [0.05, 0.1) is 0 Å². The molecule has 2 rings (SSSR count). The third-order valence-electron chi connectivity index (χ3n) is 2.30. The highest BCUT2D eigenvalue weighted by molar-refractivity contribution is 7.71. The number of hydrogen-bond acceptors (Lipinski definition) is 2. The first-order valence-corrected chi connectivity index (χ1v) is 5.26. The lowest BCUT2D eigenvalue weighted by Gasteiger charge is -2.03. The Morgan fingerprint density at radius 3 is 2.73 bits per heavy atom. The summed E-state index contributed by atoms with van der Waals surface area (Å²) in [5, 5.41) is 7.67. The summed E-state index contributed by atoms with van der Waals surface area (Å²) in [7, 11) is 1.88. The van der Waals surface area contributed by atoms with Gasteiger partial charge in [-0.3, -0.25) is 5.10 Å². The molecule has 0 amide bonds. The van der Waals surface area contributed by atoms with Gasteiger partial charge >= 0.3 is 0 Å². The fourth-order valence-corrected chi connectivity index (χ4v) is 1.64. The van der Waals surface area contributed by atoms with Crippen LogP contribution in [0.5, 0.6) is 0 Å². The maximum Gasteiger partial charge on any atom is 0.195 e. The summed E-state index contributed by atoms with van der Waals surface area (Å²) in [6, 6.07) is 5.79. The summed E-state index contributed by atoms with van der Waals surface area (Å²) in [6.07, 6.45) is 0. The minimum Gasteiger partial charge on any atom is -0.303 e. The molecule has 1 aromatic heterocycles. The summed E-state index contributed by atoms with van der Waals surface area (Å²) < 4.78 is 2.44. The van der Waals surface area contributed by atoms with Crippen LogP contribution in [0.4, 0.5) is 0 Å². The van der Waals surface area contributed by atoms with Crippen molar-refractivity contribution < 1.29 is 0 Å². The number of rotatable bonds is 1. The Kier molecular flexibility index (Phi) is 2.63. The van der Waals surface area contributed by atoms with E-state index in [1.165, 1.54) is 0 Å². The Morgan fingerprint density at radius 1 is 1.47 bits per heavy atom. The fraction of sp³-hybridized carbons (Fsp3) is 0.200. The molecule has 1 heterocycles. The maximum atomic E-state index is 5.96. The number of H-pyrrole nitrogens is 1. The van der Waals surface area contributed by atoms with Crippen LogP contribution >= 0.6 is 23.8 Å². The first-order valence-electron chi connectivity index (χ1n) is 4.47. The molecule has 0 unspecified atom stereocenters. The third kappa shape index (κ3) is 1.82. The van der Waals surface area contributed by atoms with E-state index in [9.17, 15) is 0 Å². The lowest BCUT2D eigenvalue weighted by Crippen LogP contribution is -1.92. The van der Waals surface area contributed by atoms with Gasteiger partial charge in [0.15, 0.2) is 10.6 Å². The van der Waals surface area contributed by atoms with Crippen LogP contribution in [-0.2, 0) is 7.05 Å². The molecule has 5 heteroatoms. The number of benzene rings is 1. The van der Waals surface area contributed by atoms with Gasteiger partial charge in [0.25, 0.3) is 0 Å². The van der Waals surface area contributed by atoms with Crippen molar-refractivity contribution in [3.63, 3.8) is 0 Å². The van der Waals surface area contributed by atoms with Gasteiger partial charge < -0.3 is 4.57 Å². The SMILES string of the molecule is Cc1cc(-c2n[nH]c(=S)n2C)ccc1Cl. The highest BCUT2D eigenvalue weighted by Gasteiger charge is 2.06. The van der Waals surface area contributed by atoms with E-state index in [0.29, 0.717) is 4.77 Å². The Bertz CT molecular complexity index is 556. The number of hydrogen-bond donors (Lipinski definition) is 1. The summed E-state index contributed by atoms with van der Waals surface area (Å²) in [6.45, 7) is 1.97. The van der Waals surface area contributed by atoms with E-state index in [0.717, 1.165) is 22.0 Å². The summed E-state index contributed by atoms with van der Waals surface area (Å²) in [5.41, 5.74) is 2.04. The molecular formula is C10H10ClN3S. The van der Waals surface area contributed by atoms with Crippen LogP contribution < -0.4 is 0 Å². The molecule has 0 radical (unpaired) electrons. The zero-order chi connectivity index (χ0) is 11.0. The molecule has 1 N–H and O–H groups in total. The molecule has 1 aromatic carbocycles. The lowest BCUT2D eigenvalue weighted by molar-refractivity contribution is 0.902. The lowest BCUT2D eigenvalue weighted by atomic mass is 10.1. The van der Waals surface area contributed by atoms with E-state index < -0.39 is 0 Å². The van der Waals surface area contributed by atoms with E-state index in [-0.39, 0.29) is 0 Å². The number of aryl methyl sites for hydroxylation is 1. The van der Waals surface area contributed by atoms with Gasteiger partial charge in [0, 0.05) is 17.6 Å². The molecule has 3 nitrogen and oxygen atoms in total. The van der Waals surface area contributed by atoms with Crippen LogP contribution in [0.1, 0.15) is 5.56 Å². The Balaban J connectivity index is 2.59. The van der Waals surface area contributed by atoms with Crippen molar-refractivity contribution in [2.24, 2.45) is 7.05 Å². The quantitative estimate of drug-likeness (QED) is 0.776. The standard InChI is InChI=1S/C10H10ClN3S/c1-6-5-7(3-4-8(6)11)9-12-13-10(15)14(9)2/h3-5H,1-2H3,(H,13,15). The third-order valence-corrected chi connectivity index (χ3v) is 3.09. The van der Waals surface area contributed by atoms with Gasteiger partial charge in [-0.25, -0.2) is 0 Å². The summed E-state index contributed by atoms with van der Waals surface area (Å²) in [5.74, 6) is 0.819. The fourth-order valence-electron chi connectivity index (χ4n) is 1.39. The van der Waals surface area contributed by atoms with Crippen molar-refractivity contribution in [3.8, 4) is 11.4 Å². The molecule has 15 heavy (non-hydrogen) atoms. The van der Waals surface area contributed by atoms with Crippen LogP contribution in [0.2, 0.25) is 5.02 Å². The van der Waals surface area contributed by atoms with Crippen molar-refractivity contribution in [2.75, 3.05) is 0 Å². The van der Waals surface area contributed by atoms with Gasteiger partial charge in [-0.05, 0) is 42.9 Å². The molecule has 0 fully saturated rings. The Morgan fingerprint density at radius 2 is 2.20 bits per heavy atom. The van der Waals surface area contributed by atoms with Crippen LogP contribution in [0.25, 0.3) is 11.4 Å². The zero-order valence-electron chi connectivity index (χ0n) is 8.41. The molecule has 0 aliphatic carbocycles. The van der Waals surface area contributed by atoms with E-state index in [1.807, 2.05) is 36.7 Å². The highest BCUT2D eigenvalue weighted by Crippen LogP contribution is 2.22. The van der Waals surface area contributed by atoms with Crippen molar-refractivity contribution in [1.82, 2.24) is 14.8 Å². The van der Waals surface area contributed by atoms with Crippen LogP contribution in [0.15, 0.2) is 18.2 Å². The summed E-state index contributed by atoms with van der Waals surface area (Å²) in [4.78, 5) is 0. The molecule has 0 atom stereocenters. The van der Waals surface area contributed by atoms with Crippen molar-refractivity contribution >= 4 is 23.8 Å². The molecule has 0 saturated heterocycles. The molecule has 78 valence electrons. The van der Waals surface area contributed by atoms with Gasteiger partial charge in [-0.1, -0.05) is 11.6 Å². The van der Waals surface area contributed by atoms with Crippen LogP contribution in [0.3, 0.4) is 0 Å². The molecule has 0 aliphatic heterocycles.